The molecule has 0 saturated carbocycles. The normalized spacial score (nSPS) is 15.5. The second kappa shape index (κ2) is 5.01. The van der Waals surface area contributed by atoms with E-state index in [0.29, 0.717) is 0 Å². The Hall–Kier alpha value is -0.250. The maximum Gasteiger partial charge on any atom is 0.274 e. The average molecular weight is 229 g/mol. The zero-order chi connectivity index (χ0) is 11.4. The molecule has 0 rings (SSSR count). The smallest absolute Gasteiger partial charge is 0.274 e. The van der Waals surface area contributed by atoms with E-state index in [1.54, 1.807) is 0 Å². The molecular formula is C6H15NO6S. The Morgan fingerprint density at radius 3 is 2.00 bits per heavy atom. The van der Waals surface area contributed by atoms with Crippen LogP contribution < -0.4 is 5.73 Å². The fraction of sp³-hybridized carbons (Fsp3) is 1.00. The van der Waals surface area contributed by atoms with Crippen LogP contribution in [0.3, 0.4) is 0 Å². The molecule has 0 aliphatic carbocycles. The van der Waals surface area contributed by atoms with Gasteiger partial charge in [-0.1, -0.05) is 0 Å². The highest BCUT2D eigenvalue weighted by molar-refractivity contribution is 7.87. The minimum atomic E-state index is -4.09. The molecule has 0 aliphatic rings. The van der Waals surface area contributed by atoms with E-state index >= 15 is 0 Å². The monoisotopic (exact) mass is 229 g/mol. The molecule has 7 nitrogen and oxygen atoms in total. The molecule has 0 heterocycles. The van der Waals surface area contributed by atoms with Crippen molar-refractivity contribution in [2.24, 2.45) is 5.73 Å². The van der Waals surface area contributed by atoms with Crippen molar-refractivity contribution in [1.82, 2.24) is 0 Å². The number of nitrogens with two attached hydrogens (primary N) is 1. The van der Waals surface area contributed by atoms with E-state index < -0.39 is 40.7 Å². The highest BCUT2D eigenvalue weighted by Gasteiger charge is 2.43. The van der Waals surface area contributed by atoms with Crippen LogP contribution in [0.25, 0.3) is 0 Å². The van der Waals surface area contributed by atoms with Crippen LogP contribution in [-0.2, 0) is 14.3 Å². The van der Waals surface area contributed by atoms with Gasteiger partial charge in [-0.05, 0) is 0 Å². The summed E-state index contributed by atoms with van der Waals surface area (Å²) in [6, 6.07) is 0. The lowest BCUT2D eigenvalue weighted by Gasteiger charge is -2.31. The van der Waals surface area contributed by atoms with E-state index in [2.05, 4.69) is 4.18 Å². The van der Waals surface area contributed by atoms with Gasteiger partial charge in [0, 0.05) is 0 Å². The summed E-state index contributed by atoms with van der Waals surface area (Å²) in [5.74, 6) is 0. The molecule has 86 valence electrons. The van der Waals surface area contributed by atoms with Crippen LogP contribution in [0.5, 0.6) is 0 Å². The molecule has 0 bridgehead atoms. The summed E-state index contributed by atoms with van der Waals surface area (Å²) in [4.78, 5) is 0. The summed E-state index contributed by atoms with van der Waals surface area (Å²) in [6.07, 6.45) is 0. The van der Waals surface area contributed by atoms with Crippen LogP contribution in [-0.4, -0.2) is 61.5 Å². The Bertz CT molecular complexity index is 259. The highest BCUT2D eigenvalue weighted by atomic mass is 32.2. The van der Waals surface area contributed by atoms with Crippen molar-refractivity contribution < 1.29 is 27.9 Å². The van der Waals surface area contributed by atoms with Gasteiger partial charge in [-0.15, -0.1) is 0 Å². The van der Waals surface area contributed by atoms with Crippen LogP contribution >= 0.6 is 0 Å². The summed E-state index contributed by atoms with van der Waals surface area (Å²) >= 11 is 0. The van der Waals surface area contributed by atoms with E-state index in [1.807, 2.05) is 0 Å². The Balaban J connectivity index is 5.07. The molecule has 1 atom stereocenters. The van der Waals surface area contributed by atoms with Crippen LogP contribution in [0, 0.1) is 0 Å². The topological polar surface area (TPSA) is 130 Å². The Kier molecular flexibility index (Phi) is 4.92. The predicted octanol–water partition coefficient (Wildman–Crippen LogP) is -2.99. The molecule has 0 aromatic heterocycles. The molecule has 0 saturated heterocycles. The summed E-state index contributed by atoms with van der Waals surface area (Å²) in [5, 5.41) is 24.9. The molecule has 0 amide bonds. The van der Waals surface area contributed by atoms with Crippen LogP contribution in [0.1, 0.15) is 0 Å². The van der Waals surface area contributed by atoms with Gasteiger partial charge in [-0.3, -0.25) is 4.18 Å². The first-order valence-corrected chi connectivity index (χ1v) is 5.26. The molecule has 8 heteroatoms. The second-order valence-corrected chi connectivity index (χ2v) is 4.77. The SMILES string of the molecule is COS(=O)(=O)C(CO)C(N)(CO)CO. The standard InChI is InChI=1S/C6H15NO6S/c1-13-14(11,12)5(2-8)6(7,3-9)4-10/h5,8-10H,2-4,7H2,1H3. The third kappa shape index (κ3) is 2.62. The molecule has 0 radical (unpaired) electrons. The van der Waals surface area contributed by atoms with E-state index in [9.17, 15) is 8.42 Å². The van der Waals surface area contributed by atoms with Gasteiger partial charge in [-0.25, -0.2) is 0 Å². The lowest BCUT2D eigenvalue weighted by molar-refractivity contribution is 0.0960. The van der Waals surface area contributed by atoms with Crippen molar-refractivity contribution in [1.29, 1.82) is 0 Å². The molecular weight excluding hydrogens is 214 g/mol. The van der Waals surface area contributed by atoms with Crippen molar-refractivity contribution in [2.45, 2.75) is 10.8 Å². The van der Waals surface area contributed by atoms with Crippen molar-refractivity contribution in [3.8, 4) is 0 Å². The van der Waals surface area contributed by atoms with E-state index in [1.165, 1.54) is 0 Å². The Morgan fingerprint density at radius 1 is 1.36 bits per heavy atom. The fourth-order valence-electron chi connectivity index (χ4n) is 0.930. The van der Waals surface area contributed by atoms with Crippen LogP contribution in [0.15, 0.2) is 0 Å². The zero-order valence-corrected chi connectivity index (χ0v) is 8.57. The van der Waals surface area contributed by atoms with Crippen molar-refractivity contribution in [3.05, 3.63) is 0 Å². The number of hydrogen-bond acceptors (Lipinski definition) is 7. The third-order valence-corrected chi connectivity index (χ3v) is 3.76. The van der Waals surface area contributed by atoms with Gasteiger partial charge in [0.25, 0.3) is 10.1 Å². The minimum Gasteiger partial charge on any atom is -0.395 e. The molecule has 0 spiro atoms. The summed E-state index contributed by atoms with van der Waals surface area (Å²) in [7, 11) is -3.18. The van der Waals surface area contributed by atoms with Gasteiger partial charge in [0.05, 0.1) is 32.5 Å². The number of aliphatic hydroxyl groups excluding tert-OH is 3. The summed E-state index contributed by atoms with van der Waals surface area (Å²) < 4.78 is 26.6. The number of aliphatic hydroxyl groups is 3. The van der Waals surface area contributed by atoms with Crippen LogP contribution in [0.4, 0.5) is 0 Å². The van der Waals surface area contributed by atoms with Gasteiger partial charge in [0.2, 0.25) is 0 Å². The quantitative estimate of drug-likeness (QED) is 0.357. The molecule has 0 aromatic carbocycles. The highest BCUT2D eigenvalue weighted by Crippen LogP contribution is 2.15. The maximum atomic E-state index is 11.2. The number of hydrogen-bond donors (Lipinski definition) is 4. The molecule has 0 aliphatic heterocycles. The Morgan fingerprint density at radius 2 is 1.79 bits per heavy atom. The van der Waals surface area contributed by atoms with Gasteiger partial charge >= 0.3 is 0 Å². The number of rotatable bonds is 6. The van der Waals surface area contributed by atoms with Gasteiger partial charge in [0.1, 0.15) is 5.25 Å². The molecule has 0 aromatic rings. The first-order valence-electron chi connectivity index (χ1n) is 3.79. The van der Waals surface area contributed by atoms with Crippen molar-refractivity contribution in [3.63, 3.8) is 0 Å². The molecule has 14 heavy (non-hydrogen) atoms. The first kappa shape index (κ1) is 13.8. The van der Waals surface area contributed by atoms with E-state index in [-0.39, 0.29) is 0 Å². The van der Waals surface area contributed by atoms with Gasteiger partial charge in [-0.2, -0.15) is 8.42 Å². The summed E-state index contributed by atoms with van der Waals surface area (Å²) in [6.45, 7) is -2.40. The first-order chi connectivity index (χ1) is 6.37. The third-order valence-electron chi connectivity index (χ3n) is 1.98. The summed E-state index contributed by atoms with van der Waals surface area (Å²) in [5.41, 5.74) is 3.58. The lowest BCUT2D eigenvalue weighted by atomic mass is 9.99. The maximum absolute atomic E-state index is 11.2. The zero-order valence-electron chi connectivity index (χ0n) is 7.75. The minimum absolute atomic E-state index is 0.780. The Labute approximate surface area is 82.2 Å². The lowest BCUT2D eigenvalue weighted by Crippen LogP contribution is -2.61. The van der Waals surface area contributed by atoms with Gasteiger partial charge < -0.3 is 21.1 Å². The van der Waals surface area contributed by atoms with Crippen molar-refractivity contribution in [2.75, 3.05) is 26.9 Å². The second-order valence-electron chi connectivity index (χ2n) is 2.88. The van der Waals surface area contributed by atoms with Crippen LogP contribution in [0.2, 0.25) is 0 Å². The van der Waals surface area contributed by atoms with E-state index in [4.69, 9.17) is 21.1 Å². The average Bonchev–Trinajstić information content (AvgIpc) is 2.18. The van der Waals surface area contributed by atoms with Gasteiger partial charge in [0.15, 0.2) is 0 Å². The largest absolute Gasteiger partial charge is 0.395 e. The molecule has 0 fully saturated rings. The fourth-order valence-corrected chi connectivity index (χ4v) is 2.07. The molecule has 1 unspecified atom stereocenters. The van der Waals surface area contributed by atoms with Crippen molar-refractivity contribution >= 4 is 10.1 Å². The predicted molar refractivity (Wildman–Crippen MR) is 47.9 cm³/mol. The van der Waals surface area contributed by atoms with E-state index in [0.717, 1.165) is 7.11 Å². The molecule has 5 N–H and O–H groups in total.